The number of fused-ring (bicyclic) bond motifs is 7. The molecule has 2 aromatic carbocycles. The van der Waals surface area contributed by atoms with Crippen LogP contribution in [0.5, 0.6) is 0 Å². The van der Waals surface area contributed by atoms with Gasteiger partial charge in [-0.3, -0.25) is 4.90 Å². The molecule has 17 heavy (non-hydrogen) atoms. The summed E-state index contributed by atoms with van der Waals surface area (Å²) in [5, 5.41) is 0. The smallest absolute Gasteiger partial charge is 0.0705 e. The second-order valence-corrected chi connectivity index (χ2v) is 5.54. The lowest BCUT2D eigenvalue weighted by Crippen LogP contribution is -2.26. The second-order valence-electron chi connectivity index (χ2n) is 5.54. The third-order valence-electron chi connectivity index (χ3n) is 4.93. The predicted octanol–water partition coefficient (Wildman–Crippen LogP) is 3.38. The fourth-order valence-corrected chi connectivity index (χ4v) is 4.25. The van der Waals surface area contributed by atoms with Crippen LogP contribution in [0, 0.1) is 0 Å². The van der Waals surface area contributed by atoms with Gasteiger partial charge in [-0.2, -0.15) is 0 Å². The fraction of sp³-hybridized carbons (Fsp3) is 0.250. The summed E-state index contributed by atoms with van der Waals surface area (Å²) in [5.41, 5.74) is 6.28. The van der Waals surface area contributed by atoms with Gasteiger partial charge in [0.2, 0.25) is 0 Å². The number of hydrogen-bond donors (Lipinski definition) is 0. The monoisotopic (exact) mass is 219 g/mol. The quantitative estimate of drug-likeness (QED) is 0.614. The van der Waals surface area contributed by atoms with E-state index >= 15 is 0 Å². The van der Waals surface area contributed by atoms with E-state index in [0.29, 0.717) is 12.1 Å². The Labute approximate surface area is 101 Å². The van der Waals surface area contributed by atoms with Gasteiger partial charge in [0, 0.05) is 0 Å². The van der Waals surface area contributed by atoms with Gasteiger partial charge in [0.1, 0.15) is 0 Å². The highest BCUT2D eigenvalue weighted by molar-refractivity contribution is 5.63. The van der Waals surface area contributed by atoms with Crippen LogP contribution in [0.4, 0.5) is 0 Å². The third kappa shape index (κ3) is 0.696. The standard InChI is InChI=1S/C16H13N/c1-16-12-8-4-2-6-10(12)14-15(17(14)16)11-7-3-5-9-13(11)16/h2-9,14-15H,1H3/t14-,15-,16?,17?/m0/s1. The Balaban J connectivity index is 1.91. The molecule has 0 amide bonds. The summed E-state index contributed by atoms with van der Waals surface area (Å²) in [7, 11) is 0. The normalized spacial score (nSPS) is 38.5. The molecular formula is C16H13N. The first-order valence-electron chi connectivity index (χ1n) is 6.31. The maximum absolute atomic E-state index is 2.67. The SMILES string of the molecule is CC12c3ccccc3[C@H]3[C@H](c4ccccc41)N32. The maximum atomic E-state index is 2.67. The summed E-state index contributed by atoms with van der Waals surface area (Å²) in [4.78, 5) is 2.67. The molecule has 0 saturated carbocycles. The molecule has 5 rings (SSSR count). The maximum Gasteiger partial charge on any atom is 0.0705 e. The van der Waals surface area contributed by atoms with E-state index in [1.807, 2.05) is 0 Å². The summed E-state index contributed by atoms with van der Waals surface area (Å²) in [5.74, 6) is 0. The van der Waals surface area contributed by atoms with Crippen molar-refractivity contribution >= 4 is 0 Å². The molecule has 3 heterocycles. The zero-order chi connectivity index (χ0) is 11.2. The molecule has 2 aromatic rings. The van der Waals surface area contributed by atoms with Gasteiger partial charge in [0.15, 0.2) is 0 Å². The van der Waals surface area contributed by atoms with Crippen LogP contribution in [-0.4, -0.2) is 4.90 Å². The molecule has 0 bridgehead atoms. The highest BCUT2D eigenvalue weighted by Gasteiger charge is 2.70. The summed E-state index contributed by atoms with van der Waals surface area (Å²) in [6, 6.07) is 19.2. The van der Waals surface area contributed by atoms with E-state index in [9.17, 15) is 0 Å². The lowest BCUT2D eigenvalue weighted by Gasteiger charge is -2.26. The van der Waals surface area contributed by atoms with Crippen molar-refractivity contribution in [3.8, 4) is 0 Å². The van der Waals surface area contributed by atoms with Gasteiger partial charge >= 0.3 is 0 Å². The molecule has 1 fully saturated rings. The molecule has 0 radical (unpaired) electrons. The third-order valence-corrected chi connectivity index (χ3v) is 4.93. The van der Waals surface area contributed by atoms with Gasteiger partial charge in [-0.25, -0.2) is 0 Å². The van der Waals surface area contributed by atoms with E-state index in [-0.39, 0.29) is 5.54 Å². The first kappa shape index (κ1) is 8.48. The molecule has 2 atom stereocenters. The van der Waals surface area contributed by atoms with Crippen LogP contribution in [0.25, 0.3) is 0 Å². The Kier molecular flexibility index (Phi) is 1.16. The van der Waals surface area contributed by atoms with Crippen molar-refractivity contribution in [2.24, 2.45) is 0 Å². The topological polar surface area (TPSA) is 3.01 Å². The number of hydrogen-bond acceptors (Lipinski definition) is 1. The van der Waals surface area contributed by atoms with E-state index in [0.717, 1.165) is 0 Å². The first-order valence-corrected chi connectivity index (χ1v) is 6.31. The van der Waals surface area contributed by atoms with Crippen LogP contribution in [0.1, 0.15) is 41.3 Å². The van der Waals surface area contributed by atoms with Crippen LogP contribution in [0.2, 0.25) is 0 Å². The Bertz CT molecular complexity index is 605. The van der Waals surface area contributed by atoms with E-state index < -0.39 is 0 Å². The number of benzene rings is 2. The minimum absolute atomic E-state index is 0.141. The van der Waals surface area contributed by atoms with E-state index in [4.69, 9.17) is 0 Å². The van der Waals surface area contributed by atoms with Gasteiger partial charge in [-0.1, -0.05) is 48.5 Å². The minimum Gasteiger partial charge on any atom is -0.272 e. The molecule has 1 saturated heterocycles. The highest BCUT2D eigenvalue weighted by Crippen LogP contribution is 2.74. The Morgan fingerprint density at radius 3 is 1.82 bits per heavy atom. The van der Waals surface area contributed by atoms with Gasteiger partial charge in [-0.05, 0) is 29.2 Å². The number of nitrogens with zero attached hydrogens (tertiary/aromatic N) is 1. The molecule has 3 aliphatic rings. The molecule has 0 aliphatic carbocycles. The van der Waals surface area contributed by atoms with E-state index in [2.05, 4.69) is 60.4 Å². The first-order chi connectivity index (χ1) is 8.33. The van der Waals surface area contributed by atoms with Gasteiger partial charge in [0.25, 0.3) is 0 Å². The predicted molar refractivity (Wildman–Crippen MR) is 66.7 cm³/mol. The van der Waals surface area contributed by atoms with Crippen molar-refractivity contribution in [3.05, 3.63) is 70.8 Å². The molecule has 82 valence electrons. The molecule has 0 spiro atoms. The van der Waals surface area contributed by atoms with Crippen LogP contribution in [-0.2, 0) is 5.54 Å². The summed E-state index contributed by atoms with van der Waals surface area (Å²) >= 11 is 0. The Morgan fingerprint density at radius 1 is 0.824 bits per heavy atom. The molecule has 1 heteroatoms. The summed E-state index contributed by atoms with van der Waals surface area (Å²) in [6.45, 7) is 2.39. The van der Waals surface area contributed by atoms with Crippen molar-refractivity contribution in [2.75, 3.05) is 0 Å². The molecule has 0 aromatic heterocycles. The van der Waals surface area contributed by atoms with Crippen LogP contribution in [0.3, 0.4) is 0 Å². The molecule has 3 aliphatic heterocycles. The zero-order valence-corrected chi connectivity index (χ0v) is 9.72. The summed E-state index contributed by atoms with van der Waals surface area (Å²) in [6.07, 6.45) is 0. The van der Waals surface area contributed by atoms with Gasteiger partial charge in [0.05, 0.1) is 17.6 Å². The highest BCUT2D eigenvalue weighted by atomic mass is 15.4. The van der Waals surface area contributed by atoms with Crippen LogP contribution in [0.15, 0.2) is 48.5 Å². The van der Waals surface area contributed by atoms with E-state index in [1.165, 1.54) is 11.1 Å². The zero-order valence-electron chi connectivity index (χ0n) is 9.72. The average molecular weight is 219 g/mol. The van der Waals surface area contributed by atoms with Gasteiger partial charge in [-0.15, -0.1) is 0 Å². The second kappa shape index (κ2) is 2.32. The van der Waals surface area contributed by atoms with Crippen LogP contribution >= 0.6 is 0 Å². The largest absolute Gasteiger partial charge is 0.272 e. The Morgan fingerprint density at radius 2 is 1.29 bits per heavy atom. The Hall–Kier alpha value is -1.60. The lowest BCUT2D eigenvalue weighted by molar-refractivity contribution is 0.325. The molecule has 0 N–H and O–H groups in total. The summed E-state index contributed by atoms with van der Waals surface area (Å²) < 4.78 is 0. The van der Waals surface area contributed by atoms with Crippen LogP contribution < -0.4 is 0 Å². The minimum atomic E-state index is 0.141. The van der Waals surface area contributed by atoms with Crippen molar-refractivity contribution in [1.82, 2.24) is 4.90 Å². The van der Waals surface area contributed by atoms with E-state index in [1.54, 1.807) is 11.1 Å². The molecular weight excluding hydrogens is 206 g/mol. The van der Waals surface area contributed by atoms with Crippen molar-refractivity contribution in [2.45, 2.75) is 24.5 Å². The van der Waals surface area contributed by atoms with Crippen molar-refractivity contribution in [3.63, 3.8) is 0 Å². The lowest BCUT2D eigenvalue weighted by atomic mass is 9.85. The van der Waals surface area contributed by atoms with Gasteiger partial charge < -0.3 is 0 Å². The van der Waals surface area contributed by atoms with Crippen molar-refractivity contribution in [1.29, 1.82) is 0 Å². The number of rotatable bonds is 0. The average Bonchev–Trinajstić information content (AvgIpc) is 3.02. The molecule has 1 nitrogen and oxygen atoms in total. The fourth-order valence-electron chi connectivity index (χ4n) is 4.25. The molecule has 0 unspecified atom stereocenters. The van der Waals surface area contributed by atoms with Crippen molar-refractivity contribution < 1.29 is 0 Å².